The van der Waals surface area contributed by atoms with Crippen LogP contribution in [-0.2, 0) is 23.7 Å². The summed E-state index contributed by atoms with van der Waals surface area (Å²) in [4.78, 5) is 12.7. The summed E-state index contributed by atoms with van der Waals surface area (Å²) in [5.74, 6) is -0.346. The average molecular weight is 707 g/mol. The van der Waals surface area contributed by atoms with E-state index in [4.69, 9.17) is 18.9 Å². The second-order valence-corrected chi connectivity index (χ2v) is 13.0. The molecular weight excluding hydrogens is 636 g/mol. The van der Waals surface area contributed by atoms with Crippen molar-refractivity contribution < 1.29 is 44.2 Å². The first-order valence-corrected chi connectivity index (χ1v) is 19.4. The van der Waals surface area contributed by atoms with Crippen LogP contribution in [0.1, 0.15) is 129 Å². The van der Waals surface area contributed by atoms with Crippen LogP contribution < -0.4 is 0 Å². The zero-order chi connectivity index (χ0) is 36.5. The third-order valence-corrected chi connectivity index (χ3v) is 8.42. The number of esters is 1. The molecular formula is C41H70O9. The SMILES string of the molecule is CC/C=C\C/C=C\C/C=C\C/C=C\CCCOCC(COC1OC(CO)C(O)C(O)C1O)OC(=O)CCCCCCC/C=C\CCCCCC. The Hall–Kier alpha value is -2.11. The highest BCUT2D eigenvalue weighted by Crippen LogP contribution is 2.22. The fourth-order valence-electron chi connectivity index (χ4n) is 5.37. The molecule has 6 atom stereocenters. The van der Waals surface area contributed by atoms with Crippen molar-refractivity contribution in [3.05, 3.63) is 60.8 Å². The number of hydrogen-bond acceptors (Lipinski definition) is 9. The second kappa shape index (κ2) is 32.8. The van der Waals surface area contributed by atoms with Crippen molar-refractivity contribution in [1.82, 2.24) is 0 Å². The number of ether oxygens (including phenoxy) is 4. The molecule has 9 nitrogen and oxygen atoms in total. The van der Waals surface area contributed by atoms with E-state index in [9.17, 15) is 25.2 Å². The van der Waals surface area contributed by atoms with Crippen LogP contribution in [0.15, 0.2) is 60.8 Å². The number of carbonyl (C=O) groups excluding carboxylic acids is 1. The number of aliphatic hydroxyl groups is 4. The first-order chi connectivity index (χ1) is 24.4. The first-order valence-electron chi connectivity index (χ1n) is 19.4. The standard InChI is InChI=1S/C41H70O9/c1-3-5-7-9-11-13-15-17-19-21-23-25-27-29-31-47-33-35(34-48-41-40(46)39(45)38(44)36(32-42)50-41)49-37(43)30-28-26-24-22-20-18-16-14-12-10-8-6-4-2/h5,7,11,13-14,16-17,19,23,25,35-36,38-42,44-46H,3-4,6,8-10,12,15,18,20-22,24,26-34H2,1-2H3/b7-5-,13-11-,16-14-,19-17-,25-23-. The maximum atomic E-state index is 12.7. The Morgan fingerprint density at radius 2 is 1.22 bits per heavy atom. The van der Waals surface area contributed by atoms with Crippen LogP contribution in [0.25, 0.3) is 0 Å². The number of allylic oxidation sites excluding steroid dienone is 10. The van der Waals surface area contributed by atoms with Gasteiger partial charge in [0.05, 0.1) is 19.8 Å². The minimum atomic E-state index is -1.55. The largest absolute Gasteiger partial charge is 0.457 e. The summed E-state index contributed by atoms with van der Waals surface area (Å²) < 4.78 is 22.6. The van der Waals surface area contributed by atoms with Gasteiger partial charge < -0.3 is 39.4 Å². The van der Waals surface area contributed by atoms with E-state index in [0.717, 1.165) is 77.0 Å². The number of aliphatic hydroxyl groups excluding tert-OH is 4. The molecule has 0 saturated carbocycles. The molecule has 1 aliphatic heterocycles. The van der Waals surface area contributed by atoms with Crippen LogP contribution in [0.2, 0.25) is 0 Å². The molecule has 1 heterocycles. The van der Waals surface area contributed by atoms with Gasteiger partial charge >= 0.3 is 5.97 Å². The molecule has 1 saturated heterocycles. The number of unbranched alkanes of at least 4 members (excludes halogenated alkanes) is 10. The van der Waals surface area contributed by atoms with Gasteiger partial charge in [-0.15, -0.1) is 0 Å². The summed E-state index contributed by atoms with van der Waals surface area (Å²) in [5, 5.41) is 39.9. The summed E-state index contributed by atoms with van der Waals surface area (Å²) in [5.41, 5.74) is 0. The van der Waals surface area contributed by atoms with E-state index in [0.29, 0.717) is 13.0 Å². The monoisotopic (exact) mass is 707 g/mol. The Kier molecular flexibility index (Phi) is 30.1. The van der Waals surface area contributed by atoms with Crippen molar-refractivity contribution in [2.75, 3.05) is 26.4 Å². The molecule has 0 aromatic carbocycles. The molecule has 0 radical (unpaired) electrons. The predicted molar refractivity (Wildman–Crippen MR) is 201 cm³/mol. The fraction of sp³-hybridized carbons (Fsp3) is 0.732. The van der Waals surface area contributed by atoms with Gasteiger partial charge in [0.15, 0.2) is 6.29 Å². The first kappa shape index (κ1) is 45.9. The summed E-state index contributed by atoms with van der Waals surface area (Å²) in [7, 11) is 0. The quantitative estimate of drug-likeness (QED) is 0.0327. The Morgan fingerprint density at radius 1 is 0.660 bits per heavy atom. The van der Waals surface area contributed by atoms with Crippen LogP contribution in [-0.4, -0.2) is 89.6 Å². The highest BCUT2D eigenvalue weighted by atomic mass is 16.7. The lowest BCUT2D eigenvalue weighted by Gasteiger charge is -2.39. The lowest BCUT2D eigenvalue weighted by molar-refractivity contribution is -0.305. The Labute approximate surface area is 303 Å². The van der Waals surface area contributed by atoms with Crippen molar-refractivity contribution in [1.29, 1.82) is 0 Å². The molecule has 0 aromatic rings. The molecule has 1 aliphatic rings. The average Bonchev–Trinajstić information content (AvgIpc) is 3.11. The highest BCUT2D eigenvalue weighted by Gasteiger charge is 2.44. The lowest BCUT2D eigenvalue weighted by atomic mass is 9.99. The summed E-state index contributed by atoms with van der Waals surface area (Å²) >= 11 is 0. The van der Waals surface area contributed by atoms with Crippen LogP contribution >= 0.6 is 0 Å². The van der Waals surface area contributed by atoms with Crippen molar-refractivity contribution in [3.8, 4) is 0 Å². The van der Waals surface area contributed by atoms with Gasteiger partial charge in [0, 0.05) is 13.0 Å². The molecule has 0 bridgehead atoms. The summed E-state index contributed by atoms with van der Waals surface area (Å²) in [6.07, 6.45) is 32.5. The Balaban J connectivity index is 2.39. The Morgan fingerprint density at radius 3 is 1.86 bits per heavy atom. The molecule has 0 spiro atoms. The van der Waals surface area contributed by atoms with Crippen molar-refractivity contribution in [2.24, 2.45) is 0 Å². The van der Waals surface area contributed by atoms with Gasteiger partial charge in [-0.25, -0.2) is 0 Å². The van der Waals surface area contributed by atoms with Gasteiger partial charge in [-0.1, -0.05) is 113 Å². The van der Waals surface area contributed by atoms with Crippen LogP contribution in [0.3, 0.4) is 0 Å². The van der Waals surface area contributed by atoms with Gasteiger partial charge in [0.25, 0.3) is 0 Å². The van der Waals surface area contributed by atoms with Crippen molar-refractivity contribution >= 4 is 5.97 Å². The van der Waals surface area contributed by atoms with Gasteiger partial charge in [-0.05, 0) is 70.6 Å². The summed E-state index contributed by atoms with van der Waals surface area (Å²) in [6.45, 7) is 4.24. The van der Waals surface area contributed by atoms with E-state index < -0.39 is 43.4 Å². The van der Waals surface area contributed by atoms with E-state index >= 15 is 0 Å². The minimum absolute atomic E-state index is 0.101. The van der Waals surface area contributed by atoms with E-state index in [2.05, 4.69) is 74.6 Å². The molecule has 50 heavy (non-hydrogen) atoms. The third kappa shape index (κ3) is 24.1. The molecule has 6 unspecified atom stereocenters. The molecule has 9 heteroatoms. The van der Waals surface area contributed by atoms with Crippen LogP contribution in [0, 0.1) is 0 Å². The number of hydrogen-bond donors (Lipinski definition) is 4. The maximum Gasteiger partial charge on any atom is 0.306 e. The molecule has 0 amide bonds. The minimum Gasteiger partial charge on any atom is -0.457 e. The van der Waals surface area contributed by atoms with Gasteiger partial charge in [-0.2, -0.15) is 0 Å². The van der Waals surface area contributed by atoms with Crippen molar-refractivity contribution in [3.63, 3.8) is 0 Å². The third-order valence-electron chi connectivity index (χ3n) is 8.42. The second-order valence-electron chi connectivity index (χ2n) is 13.0. The topological polar surface area (TPSA) is 135 Å². The molecule has 288 valence electrons. The maximum absolute atomic E-state index is 12.7. The highest BCUT2D eigenvalue weighted by molar-refractivity contribution is 5.69. The molecule has 0 aliphatic carbocycles. The molecule has 1 fully saturated rings. The normalized spacial score (nSPS) is 22.2. The zero-order valence-corrected chi connectivity index (χ0v) is 31.1. The Bertz CT molecular complexity index is 942. The number of carbonyl (C=O) groups is 1. The van der Waals surface area contributed by atoms with Crippen LogP contribution in [0.5, 0.6) is 0 Å². The van der Waals surface area contributed by atoms with Crippen LogP contribution in [0.4, 0.5) is 0 Å². The van der Waals surface area contributed by atoms with Gasteiger partial charge in [0.1, 0.15) is 30.5 Å². The molecule has 0 aromatic heterocycles. The zero-order valence-electron chi connectivity index (χ0n) is 31.1. The molecule has 1 rings (SSSR count). The van der Waals surface area contributed by atoms with E-state index in [1.54, 1.807) is 0 Å². The molecule has 4 N–H and O–H groups in total. The van der Waals surface area contributed by atoms with E-state index in [1.807, 2.05) is 0 Å². The van der Waals surface area contributed by atoms with Gasteiger partial charge in [0.2, 0.25) is 0 Å². The van der Waals surface area contributed by atoms with Gasteiger partial charge in [-0.3, -0.25) is 4.79 Å². The lowest BCUT2D eigenvalue weighted by Crippen LogP contribution is -2.59. The predicted octanol–water partition coefficient (Wildman–Crippen LogP) is 7.57. The van der Waals surface area contributed by atoms with E-state index in [-0.39, 0.29) is 19.2 Å². The van der Waals surface area contributed by atoms with E-state index in [1.165, 1.54) is 32.1 Å². The van der Waals surface area contributed by atoms with Crippen molar-refractivity contribution in [2.45, 2.75) is 166 Å². The fourth-order valence-corrected chi connectivity index (χ4v) is 5.37. The smallest absolute Gasteiger partial charge is 0.306 e. The number of rotatable bonds is 31. The summed E-state index contributed by atoms with van der Waals surface area (Å²) in [6, 6.07) is 0.